The molecule has 2 rings (SSSR count). The molecule has 2 N–H and O–H groups in total. The lowest BCUT2D eigenvalue weighted by Gasteiger charge is -2.14. The predicted octanol–water partition coefficient (Wildman–Crippen LogP) is -0.0465. The Morgan fingerprint density at radius 3 is 2.81 bits per heavy atom. The van der Waals surface area contributed by atoms with Gasteiger partial charge in [0.15, 0.2) is 5.03 Å². The Morgan fingerprint density at radius 1 is 1.44 bits per heavy atom. The third kappa shape index (κ3) is 1.97. The van der Waals surface area contributed by atoms with E-state index in [0.717, 1.165) is 5.56 Å². The van der Waals surface area contributed by atoms with Crippen molar-refractivity contribution in [1.29, 1.82) is 0 Å². The van der Waals surface area contributed by atoms with Gasteiger partial charge >= 0.3 is 0 Å². The van der Waals surface area contributed by atoms with Crippen LogP contribution in [0.15, 0.2) is 29.9 Å². The number of nitrogens with one attached hydrogen (secondary N) is 2. The molecule has 0 atom stereocenters. The van der Waals surface area contributed by atoms with Gasteiger partial charge in [-0.15, -0.1) is 0 Å². The highest BCUT2D eigenvalue weighted by atomic mass is 32.2. The number of hydrogen-bond acceptors (Lipinski definition) is 4. The van der Waals surface area contributed by atoms with Gasteiger partial charge in [-0.2, -0.15) is 9.40 Å². The van der Waals surface area contributed by atoms with Crippen molar-refractivity contribution in [3.05, 3.63) is 30.5 Å². The smallest absolute Gasteiger partial charge is 0.260 e. The molecule has 0 saturated heterocycles. The van der Waals surface area contributed by atoms with Gasteiger partial charge in [0.05, 0.1) is 18.7 Å². The number of aromatic amines is 2. The maximum Gasteiger partial charge on any atom is 0.260 e. The predicted molar refractivity (Wildman–Crippen MR) is 55.8 cm³/mol. The zero-order chi connectivity index (χ0) is 11.6. The molecule has 86 valence electrons. The summed E-state index contributed by atoms with van der Waals surface area (Å²) in [4.78, 5) is 6.26. The van der Waals surface area contributed by atoms with E-state index >= 15 is 0 Å². The number of aromatic nitrogens is 4. The third-order valence-corrected chi connectivity index (χ3v) is 3.85. The van der Waals surface area contributed by atoms with E-state index in [1.807, 2.05) is 0 Å². The number of rotatable bonds is 4. The second-order valence-electron chi connectivity index (χ2n) is 3.28. The van der Waals surface area contributed by atoms with Crippen LogP contribution in [0.2, 0.25) is 0 Å². The van der Waals surface area contributed by atoms with Gasteiger partial charge in [0.25, 0.3) is 10.0 Å². The standard InChI is InChI=1S/C8H11N5O2S/c1-13(5-7-2-11-12-3-7)16(14,15)8-4-9-6-10-8/h2-4,6H,5H2,1H3,(H,9,10)(H,11,12). The van der Waals surface area contributed by atoms with Gasteiger partial charge in [-0.25, -0.2) is 13.4 Å². The summed E-state index contributed by atoms with van der Waals surface area (Å²) < 4.78 is 25.1. The van der Waals surface area contributed by atoms with Crippen molar-refractivity contribution in [3.8, 4) is 0 Å². The molecular weight excluding hydrogens is 230 g/mol. The third-order valence-electron chi connectivity index (χ3n) is 2.12. The lowest BCUT2D eigenvalue weighted by atomic mass is 10.4. The summed E-state index contributed by atoms with van der Waals surface area (Å²) >= 11 is 0. The van der Waals surface area contributed by atoms with Crippen molar-refractivity contribution >= 4 is 10.0 Å². The molecule has 0 aromatic carbocycles. The van der Waals surface area contributed by atoms with Gasteiger partial charge in [0.2, 0.25) is 0 Å². The number of nitrogens with zero attached hydrogens (tertiary/aromatic N) is 3. The first-order chi connectivity index (χ1) is 7.60. The fraction of sp³-hybridized carbons (Fsp3) is 0.250. The maximum atomic E-state index is 11.9. The van der Waals surface area contributed by atoms with Gasteiger partial charge in [0, 0.05) is 25.4 Å². The van der Waals surface area contributed by atoms with Crippen LogP contribution in [0.3, 0.4) is 0 Å². The highest BCUT2D eigenvalue weighted by molar-refractivity contribution is 7.89. The molecule has 7 nitrogen and oxygen atoms in total. The van der Waals surface area contributed by atoms with Crippen LogP contribution in [-0.4, -0.2) is 39.9 Å². The quantitative estimate of drug-likeness (QED) is 0.784. The van der Waals surface area contributed by atoms with Gasteiger partial charge < -0.3 is 4.98 Å². The van der Waals surface area contributed by atoms with Crippen LogP contribution in [0.25, 0.3) is 0 Å². The fourth-order valence-corrected chi connectivity index (χ4v) is 2.31. The second kappa shape index (κ2) is 4.06. The highest BCUT2D eigenvalue weighted by Crippen LogP contribution is 2.12. The van der Waals surface area contributed by atoms with E-state index < -0.39 is 10.0 Å². The first-order valence-electron chi connectivity index (χ1n) is 4.53. The van der Waals surface area contributed by atoms with Gasteiger partial charge in [-0.1, -0.05) is 0 Å². The Morgan fingerprint density at radius 2 is 2.25 bits per heavy atom. The summed E-state index contributed by atoms with van der Waals surface area (Å²) in [6.07, 6.45) is 5.84. The highest BCUT2D eigenvalue weighted by Gasteiger charge is 2.22. The van der Waals surface area contributed by atoms with Gasteiger partial charge in [-0.05, 0) is 0 Å². The van der Waals surface area contributed by atoms with Crippen molar-refractivity contribution in [1.82, 2.24) is 24.5 Å². The molecule has 0 aliphatic carbocycles. The lowest BCUT2D eigenvalue weighted by molar-refractivity contribution is 0.464. The molecule has 2 aromatic heterocycles. The Bertz CT molecular complexity index is 531. The first kappa shape index (κ1) is 10.8. The molecule has 0 amide bonds. The van der Waals surface area contributed by atoms with E-state index in [4.69, 9.17) is 0 Å². The summed E-state index contributed by atoms with van der Waals surface area (Å²) in [7, 11) is -1.99. The van der Waals surface area contributed by atoms with E-state index in [0.29, 0.717) is 0 Å². The van der Waals surface area contributed by atoms with Crippen molar-refractivity contribution in [2.45, 2.75) is 11.6 Å². The molecule has 0 unspecified atom stereocenters. The average molecular weight is 241 g/mol. The van der Waals surface area contributed by atoms with Crippen LogP contribution in [0.1, 0.15) is 5.56 Å². The van der Waals surface area contributed by atoms with Crippen LogP contribution >= 0.6 is 0 Å². The molecule has 8 heteroatoms. The lowest BCUT2D eigenvalue weighted by Crippen LogP contribution is -2.26. The number of H-pyrrole nitrogens is 2. The van der Waals surface area contributed by atoms with Crippen molar-refractivity contribution in [2.75, 3.05) is 7.05 Å². The Labute approximate surface area is 92.6 Å². The summed E-state index contributed by atoms with van der Waals surface area (Å²) in [6.45, 7) is 0.262. The molecule has 2 heterocycles. The topological polar surface area (TPSA) is 94.7 Å². The Hall–Kier alpha value is -1.67. The minimum absolute atomic E-state index is 0.0819. The van der Waals surface area contributed by atoms with E-state index in [2.05, 4.69) is 20.2 Å². The molecule has 0 spiro atoms. The van der Waals surface area contributed by atoms with Gasteiger partial charge in [-0.3, -0.25) is 5.10 Å². The molecule has 0 bridgehead atoms. The molecule has 0 saturated carbocycles. The molecule has 0 fully saturated rings. The van der Waals surface area contributed by atoms with Crippen LogP contribution in [0, 0.1) is 0 Å². The number of sulfonamides is 1. The minimum Gasteiger partial charge on any atom is -0.335 e. The summed E-state index contributed by atoms with van der Waals surface area (Å²) in [5, 5.41) is 6.46. The SMILES string of the molecule is CN(Cc1cn[nH]c1)S(=O)(=O)c1cnc[nH]1. The van der Waals surface area contributed by atoms with E-state index in [-0.39, 0.29) is 11.6 Å². The molecular formula is C8H11N5O2S. The van der Waals surface area contributed by atoms with Crippen molar-refractivity contribution in [2.24, 2.45) is 0 Å². The molecule has 0 radical (unpaired) electrons. The largest absolute Gasteiger partial charge is 0.335 e. The Kier molecular flexibility index (Phi) is 2.75. The summed E-state index contributed by atoms with van der Waals surface area (Å²) in [5.41, 5.74) is 0.797. The van der Waals surface area contributed by atoms with E-state index in [1.54, 1.807) is 12.4 Å². The normalized spacial score (nSPS) is 12.1. The minimum atomic E-state index is -3.50. The molecule has 0 aliphatic rings. The van der Waals surface area contributed by atoms with Crippen molar-refractivity contribution < 1.29 is 8.42 Å². The van der Waals surface area contributed by atoms with Crippen LogP contribution in [-0.2, 0) is 16.6 Å². The Balaban J connectivity index is 2.19. The first-order valence-corrected chi connectivity index (χ1v) is 5.97. The van der Waals surface area contributed by atoms with Crippen LogP contribution in [0.5, 0.6) is 0 Å². The van der Waals surface area contributed by atoms with Crippen molar-refractivity contribution in [3.63, 3.8) is 0 Å². The second-order valence-corrected chi connectivity index (χ2v) is 5.30. The summed E-state index contributed by atoms with van der Waals surface area (Å²) in [5.74, 6) is 0. The monoisotopic (exact) mass is 241 g/mol. The zero-order valence-corrected chi connectivity index (χ0v) is 9.40. The zero-order valence-electron chi connectivity index (χ0n) is 8.58. The average Bonchev–Trinajstić information content (AvgIpc) is 2.89. The number of imidazole rings is 1. The van der Waals surface area contributed by atoms with Crippen LogP contribution in [0.4, 0.5) is 0 Å². The van der Waals surface area contributed by atoms with Gasteiger partial charge in [0.1, 0.15) is 0 Å². The molecule has 0 aliphatic heterocycles. The fourth-order valence-electron chi connectivity index (χ4n) is 1.26. The van der Waals surface area contributed by atoms with E-state index in [1.165, 1.54) is 23.9 Å². The molecule has 2 aromatic rings. The van der Waals surface area contributed by atoms with E-state index in [9.17, 15) is 8.42 Å². The maximum absolute atomic E-state index is 11.9. The summed E-state index contributed by atoms with van der Waals surface area (Å²) in [6, 6.07) is 0. The number of hydrogen-bond donors (Lipinski definition) is 2. The molecule has 16 heavy (non-hydrogen) atoms. The van der Waals surface area contributed by atoms with Crippen LogP contribution < -0.4 is 0 Å².